The van der Waals surface area contributed by atoms with E-state index >= 15 is 0 Å². The van der Waals surface area contributed by atoms with Crippen LogP contribution in [0.2, 0.25) is 0 Å². The molecule has 23 heavy (non-hydrogen) atoms. The second kappa shape index (κ2) is 5.04. The summed E-state index contributed by atoms with van der Waals surface area (Å²) in [7, 11) is 0. The van der Waals surface area contributed by atoms with Crippen LogP contribution in [-0.4, -0.2) is 11.6 Å². The van der Waals surface area contributed by atoms with Crippen molar-refractivity contribution in [2.75, 3.05) is 0 Å². The smallest absolute Gasteiger partial charge is 0.155 e. The van der Waals surface area contributed by atoms with Gasteiger partial charge in [0.1, 0.15) is 5.78 Å². The topological polar surface area (TPSA) is 34.1 Å². The van der Waals surface area contributed by atoms with Crippen molar-refractivity contribution in [3.63, 3.8) is 0 Å². The molecule has 6 atom stereocenters. The van der Waals surface area contributed by atoms with Crippen LogP contribution in [-0.2, 0) is 9.59 Å². The highest BCUT2D eigenvalue weighted by Gasteiger charge is 2.59. The molecule has 0 spiro atoms. The molecule has 126 valence electrons. The molecule has 0 aromatic heterocycles. The van der Waals surface area contributed by atoms with Crippen LogP contribution in [0.25, 0.3) is 0 Å². The van der Waals surface area contributed by atoms with Gasteiger partial charge in [0.15, 0.2) is 5.78 Å². The molecule has 0 aliphatic heterocycles. The summed E-state index contributed by atoms with van der Waals surface area (Å²) >= 11 is 0. The molecule has 1 unspecified atom stereocenters. The Kier molecular flexibility index (Phi) is 3.42. The molecule has 4 aliphatic rings. The third kappa shape index (κ3) is 2.06. The molecule has 3 fully saturated rings. The number of allylic oxidation sites excluding steroid dienone is 1. The lowest BCUT2D eigenvalue weighted by Crippen LogP contribution is -2.51. The Morgan fingerprint density at radius 2 is 1.83 bits per heavy atom. The second-order valence-corrected chi connectivity index (χ2v) is 9.25. The van der Waals surface area contributed by atoms with E-state index in [4.69, 9.17) is 0 Å². The number of carbonyl (C=O) groups is 2. The average molecular weight is 314 g/mol. The predicted molar refractivity (Wildman–Crippen MR) is 90.9 cm³/mol. The molecule has 0 heterocycles. The van der Waals surface area contributed by atoms with E-state index in [9.17, 15) is 9.59 Å². The van der Waals surface area contributed by atoms with E-state index in [-0.39, 0.29) is 10.8 Å². The zero-order valence-electron chi connectivity index (χ0n) is 14.9. The van der Waals surface area contributed by atoms with Gasteiger partial charge in [0.2, 0.25) is 0 Å². The van der Waals surface area contributed by atoms with Crippen LogP contribution in [0.1, 0.15) is 72.1 Å². The van der Waals surface area contributed by atoms with Crippen LogP contribution in [0.5, 0.6) is 0 Å². The van der Waals surface area contributed by atoms with Gasteiger partial charge < -0.3 is 0 Å². The fourth-order valence-corrected chi connectivity index (χ4v) is 7.23. The Hall–Kier alpha value is -0.920. The zero-order valence-corrected chi connectivity index (χ0v) is 14.9. The van der Waals surface area contributed by atoms with Crippen LogP contribution in [0, 0.1) is 34.5 Å². The molecule has 2 nitrogen and oxygen atoms in total. The minimum absolute atomic E-state index is 0.245. The van der Waals surface area contributed by atoms with Crippen molar-refractivity contribution in [2.45, 2.75) is 72.1 Å². The highest BCUT2D eigenvalue weighted by Crippen LogP contribution is 2.66. The number of carbonyl (C=O) groups excluding carboxylic acids is 2. The van der Waals surface area contributed by atoms with Crippen LogP contribution in [0.4, 0.5) is 0 Å². The first kappa shape index (κ1) is 15.6. The summed E-state index contributed by atoms with van der Waals surface area (Å²) in [5.74, 6) is 3.29. The molecular weight excluding hydrogens is 284 g/mol. The molecule has 3 saturated carbocycles. The molecule has 0 radical (unpaired) electrons. The average Bonchev–Trinajstić information content (AvgIpc) is 2.85. The van der Waals surface area contributed by atoms with E-state index in [2.05, 4.69) is 13.8 Å². The Labute approximate surface area is 140 Å². The van der Waals surface area contributed by atoms with Crippen molar-refractivity contribution < 1.29 is 9.59 Å². The Balaban J connectivity index is 1.67. The van der Waals surface area contributed by atoms with E-state index in [1.807, 2.05) is 6.08 Å². The Bertz CT molecular complexity index is 589. The maximum Gasteiger partial charge on any atom is 0.155 e. The van der Waals surface area contributed by atoms with Crippen molar-refractivity contribution in [3.05, 3.63) is 11.6 Å². The van der Waals surface area contributed by atoms with E-state index in [0.29, 0.717) is 17.5 Å². The van der Waals surface area contributed by atoms with Crippen LogP contribution < -0.4 is 0 Å². The fraction of sp³-hybridized carbons (Fsp3) is 0.810. The molecule has 0 aromatic rings. The standard InChI is InChI=1S/C21H30O2/c1-13(22)17-6-7-18-16-5-4-14-12-15(23)8-10-20(14,2)19(16)9-11-21(17,18)3/h12,16-19H,4-11H2,1-3H3/t16-,17?,18-,19+,20-,21+/m0/s1. The summed E-state index contributed by atoms with van der Waals surface area (Å²) in [5, 5.41) is 0. The molecular formula is C21H30O2. The largest absolute Gasteiger partial charge is 0.300 e. The molecule has 4 rings (SSSR count). The summed E-state index contributed by atoms with van der Waals surface area (Å²) in [6.45, 7) is 6.65. The lowest BCUT2D eigenvalue weighted by Gasteiger charge is -2.58. The Morgan fingerprint density at radius 1 is 1.04 bits per heavy atom. The summed E-state index contributed by atoms with van der Waals surface area (Å²) in [5.41, 5.74) is 1.95. The fourth-order valence-electron chi connectivity index (χ4n) is 7.23. The Morgan fingerprint density at radius 3 is 2.57 bits per heavy atom. The van der Waals surface area contributed by atoms with Gasteiger partial charge in [-0.2, -0.15) is 0 Å². The van der Waals surface area contributed by atoms with Crippen LogP contribution >= 0.6 is 0 Å². The third-order valence-electron chi connectivity index (χ3n) is 8.45. The maximum atomic E-state index is 12.1. The number of fused-ring (bicyclic) bond motifs is 5. The first-order chi connectivity index (χ1) is 10.9. The van der Waals surface area contributed by atoms with Crippen LogP contribution in [0.3, 0.4) is 0 Å². The van der Waals surface area contributed by atoms with Gasteiger partial charge in [-0.15, -0.1) is 0 Å². The minimum Gasteiger partial charge on any atom is -0.300 e. The van der Waals surface area contributed by atoms with Gasteiger partial charge in [0.05, 0.1) is 0 Å². The second-order valence-electron chi connectivity index (χ2n) is 9.25. The molecule has 0 saturated heterocycles. The number of hydrogen-bond donors (Lipinski definition) is 0. The molecule has 0 N–H and O–H groups in total. The summed E-state index contributed by atoms with van der Waals surface area (Å²) in [4.78, 5) is 24.0. The molecule has 0 amide bonds. The van der Waals surface area contributed by atoms with E-state index in [1.165, 1.54) is 31.3 Å². The number of Topliss-reactive ketones (excluding diaryl/α,β-unsaturated/α-hetero) is 1. The summed E-state index contributed by atoms with van der Waals surface area (Å²) < 4.78 is 0. The quantitative estimate of drug-likeness (QED) is 0.701. The van der Waals surface area contributed by atoms with Gasteiger partial charge in [0, 0.05) is 12.3 Å². The highest BCUT2D eigenvalue weighted by molar-refractivity contribution is 5.91. The third-order valence-corrected chi connectivity index (χ3v) is 8.45. The van der Waals surface area contributed by atoms with E-state index in [1.54, 1.807) is 6.92 Å². The monoisotopic (exact) mass is 314 g/mol. The molecule has 0 bridgehead atoms. The van der Waals surface area contributed by atoms with Gasteiger partial charge in [0.25, 0.3) is 0 Å². The number of hydrogen-bond acceptors (Lipinski definition) is 2. The molecule has 2 heteroatoms. The van der Waals surface area contributed by atoms with Crippen molar-refractivity contribution in [1.82, 2.24) is 0 Å². The lowest BCUT2D eigenvalue weighted by atomic mass is 9.47. The first-order valence-corrected chi connectivity index (χ1v) is 9.60. The molecule has 4 aliphatic carbocycles. The van der Waals surface area contributed by atoms with Gasteiger partial charge in [-0.3, -0.25) is 9.59 Å². The summed E-state index contributed by atoms with van der Waals surface area (Å²) in [6, 6.07) is 0. The molecule has 0 aromatic carbocycles. The van der Waals surface area contributed by atoms with Gasteiger partial charge >= 0.3 is 0 Å². The van der Waals surface area contributed by atoms with Gasteiger partial charge in [-0.05, 0) is 86.5 Å². The maximum absolute atomic E-state index is 12.1. The normalized spacial score (nSPS) is 49.0. The van der Waals surface area contributed by atoms with E-state index in [0.717, 1.165) is 43.4 Å². The van der Waals surface area contributed by atoms with Crippen molar-refractivity contribution in [1.29, 1.82) is 0 Å². The number of ketones is 2. The zero-order chi connectivity index (χ0) is 16.4. The number of rotatable bonds is 1. The summed E-state index contributed by atoms with van der Waals surface area (Å²) in [6.07, 6.45) is 10.9. The van der Waals surface area contributed by atoms with Crippen LogP contribution in [0.15, 0.2) is 11.6 Å². The predicted octanol–water partition coefficient (Wildman–Crippen LogP) is 4.72. The SMILES string of the molecule is CC(=O)C1CC[C@H]2[C@@H]3CCC4=CC(=O)CC[C@]4(C)[C@@H]3CC[C@]12C. The van der Waals surface area contributed by atoms with Gasteiger partial charge in [-0.1, -0.05) is 19.4 Å². The van der Waals surface area contributed by atoms with Crippen molar-refractivity contribution in [3.8, 4) is 0 Å². The van der Waals surface area contributed by atoms with Crippen molar-refractivity contribution >= 4 is 11.6 Å². The first-order valence-electron chi connectivity index (χ1n) is 9.60. The highest BCUT2D eigenvalue weighted by atomic mass is 16.1. The van der Waals surface area contributed by atoms with Crippen molar-refractivity contribution in [2.24, 2.45) is 34.5 Å². The minimum atomic E-state index is 0.245. The van der Waals surface area contributed by atoms with E-state index < -0.39 is 0 Å². The lowest BCUT2D eigenvalue weighted by molar-refractivity contribution is -0.128. The van der Waals surface area contributed by atoms with Gasteiger partial charge in [-0.25, -0.2) is 0 Å².